The smallest absolute Gasteiger partial charge is 0.257 e. The van der Waals surface area contributed by atoms with E-state index < -0.39 is 0 Å². The Labute approximate surface area is 227 Å². The van der Waals surface area contributed by atoms with Crippen LogP contribution >= 0.6 is 0 Å². The van der Waals surface area contributed by atoms with E-state index in [9.17, 15) is 4.79 Å². The zero-order valence-electron chi connectivity index (χ0n) is 22.0. The maximum atomic E-state index is 12.8. The highest BCUT2D eigenvalue weighted by Gasteiger charge is 2.08. The zero-order chi connectivity index (χ0) is 27.6. The summed E-state index contributed by atoms with van der Waals surface area (Å²) in [7, 11) is 1.65. The van der Waals surface area contributed by atoms with E-state index in [1.54, 1.807) is 31.6 Å². The van der Waals surface area contributed by atoms with E-state index in [1.807, 2.05) is 55.5 Å². The Kier molecular flexibility index (Phi) is 8.99. The van der Waals surface area contributed by atoms with E-state index in [0.717, 1.165) is 28.0 Å². The Balaban J connectivity index is 1.39. The molecule has 9 heteroatoms. The zero-order valence-corrected chi connectivity index (χ0v) is 22.0. The van der Waals surface area contributed by atoms with Gasteiger partial charge in [-0.2, -0.15) is 0 Å². The van der Waals surface area contributed by atoms with E-state index in [2.05, 4.69) is 49.4 Å². The fraction of sp³-hybridized carbons (Fsp3) is 0.133. The number of anilines is 5. The first-order chi connectivity index (χ1) is 18.9. The standard InChI is InChI=1S/C30H31N7O2/c1-20-17-26(11-13-31-20)35-24-6-8-25(9-7-24)36-30(38)23-5-10-29(34-19-23)37-28-12-14-33-22(3)27(28)18-21(2)32-15-16-39-4/h5-14,17-19,32H,2-3,15-16H2,1,4H3,(H,31,35)(H,34,37)(H,36,38)/b27-18+. The predicted molar refractivity (Wildman–Crippen MR) is 157 cm³/mol. The van der Waals surface area contributed by atoms with Crippen molar-refractivity contribution in [1.82, 2.24) is 20.3 Å². The molecule has 4 aromatic rings. The summed E-state index contributed by atoms with van der Waals surface area (Å²) in [5.41, 5.74) is 5.38. The van der Waals surface area contributed by atoms with Gasteiger partial charge in [0.1, 0.15) is 5.82 Å². The molecule has 0 aliphatic carbocycles. The van der Waals surface area contributed by atoms with Crippen molar-refractivity contribution in [2.45, 2.75) is 6.92 Å². The fourth-order valence-corrected chi connectivity index (χ4v) is 3.70. The largest absolute Gasteiger partial charge is 0.383 e. The van der Waals surface area contributed by atoms with Gasteiger partial charge < -0.3 is 26.0 Å². The molecule has 0 atom stereocenters. The fourth-order valence-electron chi connectivity index (χ4n) is 3.70. The lowest BCUT2D eigenvalue weighted by Crippen LogP contribution is -2.30. The SMILES string of the molecule is C=C(/C=c1/c(Nc2ccc(C(=O)Nc3ccc(Nc4ccnc(C)c4)cc3)cn2)ccnc1=C)NCCOC. The van der Waals surface area contributed by atoms with Gasteiger partial charge in [0.25, 0.3) is 5.91 Å². The number of nitrogens with zero attached hydrogens (tertiary/aromatic N) is 3. The molecule has 0 saturated heterocycles. The molecule has 4 N–H and O–H groups in total. The third-order valence-corrected chi connectivity index (χ3v) is 5.67. The average Bonchev–Trinajstić information content (AvgIpc) is 2.92. The molecule has 0 radical (unpaired) electrons. The number of benzene rings is 1. The van der Waals surface area contributed by atoms with Crippen LogP contribution in [0.2, 0.25) is 0 Å². The van der Waals surface area contributed by atoms with Crippen LogP contribution < -0.4 is 31.8 Å². The molecule has 0 saturated carbocycles. The summed E-state index contributed by atoms with van der Waals surface area (Å²) in [6.45, 7) is 11.2. The van der Waals surface area contributed by atoms with Gasteiger partial charge in [0, 0.05) is 65.9 Å². The van der Waals surface area contributed by atoms with Crippen molar-refractivity contribution in [1.29, 1.82) is 0 Å². The summed E-state index contributed by atoms with van der Waals surface area (Å²) in [5, 5.41) is 14.1. The number of rotatable bonds is 11. The van der Waals surface area contributed by atoms with Crippen LogP contribution in [0.4, 0.5) is 28.6 Å². The van der Waals surface area contributed by atoms with Gasteiger partial charge >= 0.3 is 0 Å². The first-order valence-electron chi connectivity index (χ1n) is 12.3. The first-order valence-corrected chi connectivity index (χ1v) is 12.3. The van der Waals surface area contributed by atoms with Crippen molar-refractivity contribution in [3.05, 3.63) is 107 Å². The molecule has 3 aromatic heterocycles. The minimum absolute atomic E-state index is 0.254. The van der Waals surface area contributed by atoms with Gasteiger partial charge in [-0.15, -0.1) is 0 Å². The van der Waals surface area contributed by atoms with E-state index in [-0.39, 0.29) is 5.91 Å². The third kappa shape index (κ3) is 7.73. The molecule has 1 amide bonds. The quantitative estimate of drug-likeness (QED) is 0.220. The Morgan fingerprint density at radius 2 is 1.72 bits per heavy atom. The second kappa shape index (κ2) is 13.0. The van der Waals surface area contributed by atoms with E-state index in [0.29, 0.717) is 41.3 Å². The number of aryl methyl sites for hydroxylation is 1. The van der Waals surface area contributed by atoms with Gasteiger partial charge in [-0.3, -0.25) is 14.8 Å². The number of aromatic nitrogens is 3. The van der Waals surface area contributed by atoms with Gasteiger partial charge in [-0.1, -0.05) is 13.2 Å². The average molecular weight is 522 g/mol. The molecule has 4 rings (SSSR count). The highest BCUT2D eigenvalue weighted by Crippen LogP contribution is 2.20. The number of pyridine rings is 3. The molecule has 198 valence electrons. The number of ether oxygens (including phenoxy) is 1. The van der Waals surface area contributed by atoms with Gasteiger partial charge in [-0.05, 0) is 67.6 Å². The predicted octanol–water partition coefficient (Wildman–Crippen LogP) is 3.86. The van der Waals surface area contributed by atoms with Crippen LogP contribution in [-0.2, 0) is 4.74 Å². The molecule has 0 fully saturated rings. The van der Waals surface area contributed by atoms with Gasteiger partial charge in [0.05, 0.1) is 23.2 Å². The van der Waals surface area contributed by atoms with Crippen molar-refractivity contribution >= 4 is 47.1 Å². The molecule has 3 heterocycles. The van der Waals surface area contributed by atoms with Crippen molar-refractivity contribution < 1.29 is 9.53 Å². The molecule has 0 aliphatic heterocycles. The van der Waals surface area contributed by atoms with Crippen LogP contribution in [0.3, 0.4) is 0 Å². The topological polar surface area (TPSA) is 113 Å². The first kappa shape index (κ1) is 27.0. The summed E-state index contributed by atoms with van der Waals surface area (Å²) in [4.78, 5) is 25.7. The van der Waals surface area contributed by atoms with Crippen LogP contribution in [0.25, 0.3) is 12.7 Å². The number of hydrogen-bond acceptors (Lipinski definition) is 8. The maximum absolute atomic E-state index is 12.8. The number of nitrogens with one attached hydrogen (secondary N) is 4. The number of carbonyl (C=O) groups excluding carboxylic acids is 1. The third-order valence-electron chi connectivity index (χ3n) is 5.67. The Morgan fingerprint density at radius 3 is 2.44 bits per heavy atom. The summed E-state index contributed by atoms with van der Waals surface area (Å²) >= 11 is 0. The molecule has 0 spiro atoms. The van der Waals surface area contributed by atoms with Crippen LogP contribution in [-0.4, -0.2) is 41.1 Å². The van der Waals surface area contributed by atoms with Gasteiger partial charge in [-0.25, -0.2) is 4.98 Å². The Bertz CT molecular complexity index is 1550. The molecule has 0 aliphatic rings. The van der Waals surface area contributed by atoms with E-state index in [1.165, 1.54) is 6.20 Å². The Hall–Kier alpha value is -5.02. The van der Waals surface area contributed by atoms with Gasteiger partial charge in [0.2, 0.25) is 0 Å². The van der Waals surface area contributed by atoms with Crippen molar-refractivity contribution in [2.75, 3.05) is 36.2 Å². The molecule has 9 nitrogen and oxygen atoms in total. The van der Waals surface area contributed by atoms with Crippen molar-refractivity contribution in [2.24, 2.45) is 0 Å². The number of methoxy groups -OCH3 is 1. The number of amides is 1. The lowest BCUT2D eigenvalue weighted by atomic mass is 10.2. The normalized spacial score (nSPS) is 11.1. The summed E-state index contributed by atoms with van der Waals surface area (Å²) in [6.07, 6.45) is 6.83. The lowest BCUT2D eigenvalue weighted by molar-refractivity contribution is 0.102. The highest BCUT2D eigenvalue weighted by atomic mass is 16.5. The second-order valence-electron chi connectivity index (χ2n) is 8.71. The molecule has 39 heavy (non-hydrogen) atoms. The van der Waals surface area contributed by atoms with Crippen molar-refractivity contribution in [3.8, 4) is 0 Å². The maximum Gasteiger partial charge on any atom is 0.257 e. The minimum atomic E-state index is -0.254. The van der Waals surface area contributed by atoms with Crippen LogP contribution in [0.1, 0.15) is 16.1 Å². The lowest BCUT2D eigenvalue weighted by Gasteiger charge is -2.10. The number of hydrogen-bond donors (Lipinski definition) is 4. The molecule has 0 unspecified atom stereocenters. The Morgan fingerprint density at radius 1 is 0.949 bits per heavy atom. The highest BCUT2D eigenvalue weighted by molar-refractivity contribution is 6.04. The molecular formula is C30H31N7O2. The van der Waals surface area contributed by atoms with Crippen LogP contribution in [0, 0.1) is 6.92 Å². The molecular weight excluding hydrogens is 490 g/mol. The summed E-state index contributed by atoms with van der Waals surface area (Å²) < 4.78 is 5.06. The second-order valence-corrected chi connectivity index (χ2v) is 8.71. The van der Waals surface area contributed by atoms with Crippen molar-refractivity contribution in [3.63, 3.8) is 0 Å². The van der Waals surface area contributed by atoms with E-state index >= 15 is 0 Å². The summed E-state index contributed by atoms with van der Waals surface area (Å²) in [5.74, 6) is 0.322. The summed E-state index contributed by atoms with van der Waals surface area (Å²) in [6, 6.07) is 16.6. The molecule has 1 aromatic carbocycles. The monoisotopic (exact) mass is 521 g/mol. The van der Waals surface area contributed by atoms with Crippen LogP contribution in [0.5, 0.6) is 0 Å². The van der Waals surface area contributed by atoms with Crippen LogP contribution in [0.15, 0.2) is 85.5 Å². The number of carbonyl (C=O) groups is 1. The van der Waals surface area contributed by atoms with E-state index in [4.69, 9.17) is 4.74 Å². The molecule has 0 bridgehead atoms. The number of allylic oxidation sites excluding steroid dienone is 1. The van der Waals surface area contributed by atoms with Gasteiger partial charge in [0.15, 0.2) is 0 Å². The minimum Gasteiger partial charge on any atom is -0.383 e.